The molecule has 0 amide bonds. The SMILES string of the molecule is C[C@]12CCC3=C([C@@H](N)C[C@@H]4C[C@@H](O)C=C[C@]34C)[C@@H]1C=C[C@@H]2O. The summed E-state index contributed by atoms with van der Waals surface area (Å²) in [5.41, 5.74) is 9.39. The quantitative estimate of drug-likeness (QED) is 0.602. The molecule has 0 bridgehead atoms. The van der Waals surface area contributed by atoms with Crippen molar-refractivity contribution in [1.29, 1.82) is 0 Å². The van der Waals surface area contributed by atoms with Gasteiger partial charge in [0.25, 0.3) is 0 Å². The topological polar surface area (TPSA) is 66.5 Å². The maximum Gasteiger partial charge on any atom is 0.0783 e. The highest BCUT2D eigenvalue weighted by Gasteiger charge is 2.54. The fourth-order valence-electron chi connectivity index (χ4n) is 5.55. The molecular formula is C19H27NO2. The van der Waals surface area contributed by atoms with Crippen LogP contribution in [0.2, 0.25) is 0 Å². The minimum atomic E-state index is -0.354. The number of fused-ring (bicyclic) bond motifs is 4. The Bertz CT molecular complexity index is 592. The van der Waals surface area contributed by atoms with Gasteiger partial charge in [-0.3, -0.25) is 0 Å². The standard InChI is InChI=1S/C19H27NO2/c1-18-7-5-12(21)9-11(18)10-15(20)17-13-3-4-16(22)19(13,2)8-6-14(17)18/h3-5,7,11-13,15-16,21-22H,6,8-10,20H2,1-2H3/t11-,12-,13-,15-,16-,18-,19-/m0/s1. The molecule has 4 N–H and O–H groups in total. The van der Waals surface area contributed by atoms with Crippen LogP contribution in [-0.4, -0.2) is 28.5 Å². The highest BCUT2D eigenvalue weighted by molar-refractivity contribution is 5.44. The average molecular weight is 301 g/mol. The Hall–Kier alpha value is -0.900. The molecule has 0 radical (unpaired) electrons. The highest BCUT2D eigenvalue weighted by Crippen LogP contribution is 2.60. The first-order chi connectivity index (χ1) is 10.4. The van der Waals surface area contributed by atoms with Crippen LogP contribution in [0, 0.1) is 22.7 Å². The molecular weight excluding hydrogens is 274 g/mol. The Morgan fingerprint density at radius 1 is 1.14 bits per heavy atom. The average Bonchev–Trinajstić information content (AvgIpc) is 2.77. The minimum absolute atomic E-state index is 0.0349. The molecule has 0 aromatic rings. The number of nitrogens with two attached hydrogens (primary N) is 1. The van der Waals surface area contributed by atoms with Crippen LogP contribution in [0.1, 0.15) is 39.5 Å². The lowest BCUT2D eigenvalue weighted by Gasteiger charge is -2.54. The summed E-state index contributed by atoms with van der Waals surface area (Å²) in [5.74, 6) is 0.709. The number of aliphatic hydroxyl groups is 2. The summed E-state index contributed by atoms with van der Waals surface area (Å²) in [6, 6.07) is 0.0614. The van der Waals surface area contributed by atoms with Gasteiger partial charge in [0.05, 0.1) is 12.2 Å². The van der Waals surface area contributed by atoms with Crippen LogP contribution in [0.4, 0.5) is 0 Å². The fourth-order valence-corrected chi connectivity index (χ4v) is 5.55. The molecule has 0 unspecified atom stereocenters. The molecule has 22 heavy (non-hydrogen) atoms. The Labute approximate surface area is 132 Å². The van der Waals surface area contributed by atoms with Gasteiger partial charge in [-0.25, -0.2) is 0 Å². The van der Waals surface area contributed by atoms with E-state index >= 15 is 0 Å². The van der Waals surface area contributed by atoms with Gasteiger partial charge in [-0.1, -0.05) is 43.7 Å². The molecule has 0 heterocycles. The predicted octanol–water partition coefficient (Wildman–Crippen LogP) is 2.30. The zero-order valence-electron chi connectivity index (χ0n) is 13.5. The van der Waals surface area contributed by atoms with E-state index in [1.807, 2.05) is 12.2 Å². The second kappa shape index (κ2) is 4.56. The number of allylic oxidation sites excluding steroid dienone is 3. The van der Waals surface area contributed by atoms with Crippen molar-refractivity contribution >= 4 is 0 Å². The van der Waals surface area contributed by atoms with E-state index in [1.54, 1.807) is 0 Å². The first-order valence-electron chi connectivity index (χ1n) is 8.59. The lowest BCUT2D eigenvalue weighted by Crippen LogP contribution is -2.50. The third-order valence-electron chi connectivity index (χ3n) is 7.10. The molecule has 7 atom stereocenters. The summed E-state index contributed by atoms with van der Waals surface area (Å²) in [6.07, 6.45) is 11.4. The van der Waals surface area contributed by atoms with E-state index in [1.165, 1.54) is 11.1 Å². The number of hydrogen-bond donors (Lipinski definition) is 3. The molecule has 0 aliphatic heterocycles. The smallest absolute Gasteiger partial charge is 0.0783 e. The van der Waals surface area contributed by atoms with Gasteiger partial charge >= 0.3 is 0 Å². The van der Waals surface area contributed by atoms with E-state index in [0.29, 0.717) is 5.92 Å². The lowest BCUT2D eigenvalue weighted by molar-refractivity contribution is 0.0393. The minimum Gasteiger partial charge on any atom is -0.389 e. The fraction of sp³-hybridized carbons (Fsp3) is 0.684. The second-order valence-electron chi connectivity index (χ2n) is 8.23. The third kappa shape index (κ3) is 1.73. The molecule has 4 aliphatic carbocycles. The van der Waals surface area contributed by atoms with Crippen LogP contribution in [0.15, 0.2) is 35.5 Å². The van der Waals surface area contributed by atoms with Gasteiger partial charge in [-0.2, -0.15) is 0 Å². The molecule has 3 nitrogen and oxygen atoms in total. The van der Waals surface area contributed by atoms with Crippen LogP contribution < -0.4 is 5.73 Å². The van der Waals surface area contributed by atoms with Crippen molar-refractivity contribution in [2.24, 2.45) is 28.4 Å². The Kier molecular flexibility index (Phi) is 3.04. The normalized spacial score (nSPS) is 53.2. The van der Waals surface area contributed by atoms with Crippen molar-refractivity contribution in [3.05, 3.63) is 35.5 Å². The zero-order valence-corrected chi connectivity index (χ0v) is 13.5. The first kappa shape index (κ1) is 14.7. The molecule has 0 aromatic heterocycles. The van der Waals surface area contributed by atoms with Gasteiger partial charge in [0, 0.05) is 22.8 Å². The van der Waals surface area contributed by atoms with Gasteiger partial charge in [0.15, 0.2) is 0 Å². The summed E-state index contributed by atoms with van der Waals surface area (Å²) >= 11 is 0. The van der Waals surface area contributed by atoms with Crippen molar-refractivity contribution in [2.45, 2.75) is 57.8 Å². The lowest BCUT2D eigenvalue weighted by atomic mass is 9.52. The largest absolute Gasteiger partial charge is 0.389 e. The maximum atomic E-state index is 10.4. The second-order valence-corrected chi connectivity index (χ2v) is 8.23. The Morgan fingerprint density at radius 2 is 1.91 bits per heavy atom. The molecule has 0 fully saturated rings. The van der Waals surface area contributed by atoms with E-state index in [9.17, 15) is 10.2 Å². The van der Waals surface area contributed by atoms with Gasteiger partial charge in [-0.05, 0) is 37.2 Å². The van der Waals surface area contributed by atoms with Crippen molar-refractivity contribution in [3.8, 4) is 0 Å². The van der Waals surface area contributed by atoms with E-state index in [2.05, 4.69) is 26.0 Å². The van der Waals surface area contributed by atoms with E-state index in [0.717, 1.165) is 25.7 Å². The zero-order chi connectivity index (χ0) is 15.7. The molecule has 0 aromatic carbocycles. The van der Waals surface area contributed by atoms with Crippen LogP contribution in [0.5, 0.6) is 0 Å². The maximum absolute atomic E-state index is 10.4. The third-order valence-corrected chi connectivity index (χ3v) is 7.10. The van der Waals surface area contributed by atoms with Crippen LogP contribution in [-0.2, 0) is 0 Å². The Balaban J connectivity index is 1.84. The monoisotopic (exact) mass is 301 g/mol. The van der Waals surface area contributed by atoms with Gasteiger partial charge in [0.2, 0.25) is 0 Å². The molecule has 3 heteroatoms. The summed E-state index contributed by atoms with van der Waals surface area (Å²) in [5, 5.41) is 20.4. The van der Waals surface area contributed by atoms with Crippen molar-refractivity contribution in [2.75, 3.05) is 0 Å². The summed E-state index contributed by atoms with van der Waals surface area (Å²) in [7, 11) is 0. The van der Waals surface area contributed by atoms with Crippen molar-refractivity contribution in [1.82, 2.24) is 0 Å². The van der Waals surface area contributed by atoms with Gasteiger partial charge in [0.1, 0.15) is 0 Å². The van der Waals surface area contributed by atoms with Gasteiger partial charge < -0.3 is 15.9 Å². The van der Waals surface area contributed by atoms with Crippen LogP contribution in [0.3, 0.4) is 0 Å². The summed E-state index contributed by atoms with van der Waals surface area (Å²) < 4.78 is 0. The molecule has 4 rings (SSSR count). The van der Waals surface area contributed by atoms with E-state index in [-0.39, 0.29) is 35.0 Å². The molecule has 0 saturated heterocycles. The number of aliphatic hydroxyl groups excluding tert-OH is 2. The van der Waals surface area contributed by atoms with E-state index in [4.69, 9.17) is 5.73 Å². The molecule has 4 aliphatic rings. The van der Waals surface area contributed by atoms with Gasteiger partial charge in [-0.15, -0.1) is 0 Å². The predicted molar refractivity (Wildman–Crippen MR) is 87.0 cm³/mol. The van der Waals surface area contributed by atoms with Crippen LogP contribution >= 0.6 is 0 Å². The summed E-state index contributed by atoms with van der Waals surface area (Å²) in [6.45, 7) is 4.52. The highest BCUT2D eigenvalue weighted by atomic mass is 16.3. The Morgan fingerprint density at radius 3 is 2.68 bits per heavy atom. The van der Waals surface area contributed by atoms with Crippen molar-refractivity contribution in [3.63, 3.8) is 0 Å². The van der Waals surface area contributed by atoms with Crippen molar-refractivity contribution < 1.29 is 10.2 Å². The summed E-state index contributed by atoms with van der Waals surface area (Å²) in [4.78, 5) is 0. The molecule has 0 spiro atoms. The molecule has 120 valence electrons. The van der Waals surface area contributed by atoms with E-state index < -0.39 is 0 Å². The van der Waals surface area contributed by atoms with Crippen LogP contribution in [0.25, 0.3) is 0 Å². The number of hydrogen-bond acceptors (Lipinski definition) is 3. The first-order valence-corrected chi connectivity index (χ1v) is 8.59. The number of rotatable bonds is 0. The molecule has 0 saturated carbocycles.